The summed E-state index contributed by atoms with van der Waals surface area (Å²) in [6.07, 6.45) is 6.87. The molecule has 0 bridgehead atoms. The third kappa shape index (κ3) is 7.38. The van der Waals surface area contributed by atoms with Gasteiger partial charge in [-0.15, -0.1) is 0 Å². The number of sulfonamides is 1. The fourth-order valence-corrected chi connectivity index (χ4v) is 3.92. The average molecular weight is 399 g/mol. The third-order valence-electron chi connectivity index (χ3n) is 4.42. The molecule has 1 N–H and O–H groups in total. The summed E-state index contributed by atoms with van der Waals surface area (Å²) in [6.45, 7) is 3.23. The lowest BCUT2D eigenvalue weighted by molar-refractivity contribution is -0.119. The van der Waals surface area contributed by atoms with Gasteiger partial charge in [-0.1, -0.05) is 12.8 Å². The summed E-state index contributed by atoms with van der Waals surface area (Å²) in [5, 5.41) is 2.76. The zero-order valence-electron chi connectivity index (χ0n) is 16.1. The molecule has 1 aliphatic carbocycles. The summed E-state index contributed by atoms with van der Waals surface area (Å²) < 4.78 is 36.4. The first-order valence-electron chi connectivity index (χ1n) is 9.49. The van der Waals surface area contributed by atoms with Gasteiger partial charge in [0.25, 0.3) is 0 Å². The molecule has 0 unspecified atom stereocenters. The molecule has 7 nitrogen and oxygen atoms in total. The largest absolute Gasteiger partial charge is 0.494 e. The zero-order chi connectivity index (χ0) is 19.7. The SMILES string of the molecule is CCOc1ccc(N(CC(=O)NCCCOC2CCCC2)S(C)(=O)=O)cc1. The first kappa shape index (κ1) is 21.5. The molecule has 1 aliphatic rings. The molecule has 1 aromatic carbocycles. The van der Waals surface area contributed by atoms with Crippen LogP contribution in [-0.4, -0.2) is 53.0 Å². The number of nitrogens with one attached hydrogen (secondary N) is 1. The Morgan fingerprint density at radius 1 is 1.22 bits per heavy atom. The van der Waals surface area contributed by atoms with Crippen LogP contribution in [0, 0.1) is 0 Å². The zero-order valence-corrected chi connectivity index (χ0v) is 17.0. The molecule has 1 amide bonds. The average Bonchev–Trinajstić information content (AvgIpc) is 3.13. The number of hydrogen-bond acceptors (Lipinski definition) is 5. The van der Waals surface area contributed by atoms with E-state index in [9.17, 15) is 13.2 Å². The predicted molar refractivity (Wildman–Crippen MR) is 106 cm³/mol. The third-order valence-corrected chi connectivity index (χ3v) is 5.56. The summed E-state index contributed by atoms with van der Waals surface area (Å²) in [5.41, 5.74) is 0.431. The quantitative estimate of drug-likeness (QED) is 0.578. The van der Waals surface area contributed by atoms with Crippen molar-refractivity contribution in [1.82, 2.24) is 5.32 Å². The molecule has 0 aromatic heterocycles. The van der Waals surface area contributed by atoms with E-state index in [4.69, 9.17) is 9.47 Å². The van der Waals surface area contributed by atoms with Gasteiger partial charge >= 0.3 is 0 Å². The fourth-order valence-electron chi connectivity index (χ4n) is 3.07. The number of ether oxygens (including phenoxy) is 2. The maximum Gasteiger partial charge on any atom is 0.240 e. The van der Waals surface area contributed by atoms with Crippen molar-refractivity contribution in [2.24, 2.45) is 0 Å². The Morgan fingerprint density at radius 3 is 2.48 bits per heavy atom. The van der Waals surface area contributed by atoms with Gasteiger partial charge in [0.15, 0.2) is 0 Å². The normalized spacial score (nSPS) is 14.9. The number of carbonyl (C=O) groups excluding carboxylic acids is 1. The van der Waals surface area contributed by atoms with Gasteiger partial charge in [0.05, 0.1) is 24.7 Å². The van der Waals surface area contributed by atoms with Gasteiger partial charge in [0.2, 0.25) is 15.9 Å². The Kier molecular flexibility index (Phi) is 8.37. The molecule has 27 heavy (non-hydrogen) atoms. The lowest BCUT2D eigenvalue weighted by Gasteiger charge is -2.22. The lowest BCUT2D eigenvalue weighted by Crippen LogP contribution is -2.40. The van der Waals surface area contributed by atoms with Crippen LogP contribution < -0.4 is 14.4 Å². The molecule has 0 radical (unpaired) electrons. The van der Waals surface area contributed by atoms with Gasteiger partial charge in [-0.05, 0) is 50.5 Å². The highest BCUT2D eigenvalue weighted by atomic mass is 32.2. The predicted octanol–water partition coefficient (Wildman–Crippen LogP) is 2.32. The molecule has 1 saturated carbocycles. The standard InChI is InChI=1S/C19H30N2O5S/c1-3-25-18-11-9-16(10-12-18)21(27(2,23)24)15-19(22)20-13-6-14-26-17-7-4-5-8-17/h9-12,17H,3-8,13-15H2,1-2H3,(H,20,22). The molecule has 152 valence electrons. The molecule has 0 saturated heterocycles. The van der Waals surface area contributed by atoms with E-state index in [0.29, 0.717) is 43.7 Å². The van der Waals surface area contributed by atoms with Crippen LogP contribution in [-0.2, 0) is 19.6 Å². The monoisotopic (exact) mass is 398 g/mol. The van der Waals surface area contributed by atoms with Crippen molar-refractivity contribution in [3.8, 4) is 5.75 Å². The Bertz CT molecular complexity index is 685. The Hall–Kier alpha value is -1.80. The van der Waals surface area contributed by atoms with Gasteiger partial charge in [-0.25, -0.2) is 8.42 Å². The highest BCUT2D eigenvalue weighted by Crippen LogP contribution is 2.22. The van der Waals surface area contributed by atoms with Crippen LogP contribution in [0.15, 0.2) is 24.3 Å². The van der Waals surface area contributed by atoms with Crippen molar-refractivity contribution in [2.45, 2.75) is 45.1 Å². The maximum atomic E-state index is 12.2. The number of rotatable bonds is 11. The van der Waals surface area contributed by atoms with Crippen molar-refractivity contribution in [2.75, 3.05) is 36.9 Å². The van der Waals surface area contributed by atoms with Gasteiger partial charge in [-0.2, -0.15) is 0 Å². The second-order valence-corrected chi connectivity index (χ2v) is 8.58. The molecule has 1 fully saturated rings. The molecule has 8 heteroatoms. The topological polar surface area (TPSA) is 84.9 Å². The number of benzene rings is 1. The minimum absolute atomic E-state index is 0.254. The van der Waals surface area contributed by atoms with Gasteiger partial charge in [0, 0.05) is 13.2 Å². The number of hydrogen-bond donors (Lipinski definition) is 1. The Balaban J connectivity index is 1.81. The van der Waals surface area contributed by atoms with Crippen LogP contribution in [0.4, 0.5) is 5.69 Å². The lowest BCUT2D eigenvalue weighted by atomic mass is 10.3. The number of anilines is 1. The van der Waals surface area contributed by atoms with E-state index in [1.165, 1.54) is 12.8 Å². The molecule has 0 spiro atoms. The highest BCUT2D eigenvalue weighted by molar-refractivity contribution is 7.92. The molecule has 2 rings (SSSR count). The first-order valence-corrected chi connectivity index (χ1v) is 11.3. The second-order valence-electron chi connectivity index (χ2n) is 6.68. The molecule has 1 aromatic rings. The molecular weight excluding hydrogens is 368 g/mol. The van der Waals surface area contributed by atoms with Crippen molar-refractivity contribution in [3.63, 3.8) is 0 Å². The van der Waals surface area contributed by atoms with Crippen molar-refractivity contribution >= 4 is 21.6 Å². The fraction of sp³-hybridized carbons (Fsp3) is 0.632. The van der Waals surface area contributed by atoms with E-state index in [1.54, 1.807) is 24.3 Å². The molecular formula is C19H30N2O5S. The number of carbonyl (C=O) groups is 1. The van der Waals surface area contributed by atoms with Crippen LogP contribution in [0.2, 0.25) is 0 Å². The Labute approximate surface area is 162 Å². The van der Waals surface area contributed by atoms with Crippen LogP contribution in [0.25, 0.3) is 0 Å². The van der Waals surface area contributed by atoms with Crippen molar-refractivity contribution in [3.05, 3.63) is 24.3 Å². The van der Waals surface area contributed by atoms with E-state index in [-0.39, 0.29) is 12.5 Å². The number of nitrogens with zero attached hydrogens (tertiary/aromatic N) is 1. The number of amides is 1. The Morgan fingerprint density at radius 2 is 1.89 bits per heavy atom. The molecule has 0 aliphatic heterocycles. The summed E-state index contributed by atoms with van der Waals surface area (Å²) in [5.74, 6) is 0.316. The summed E-state index contributed by atoms with van der Waals surface area (Å²) >= 11 is 0. The maximum absolute atomic E-state index is 12.2. The van der Waals surface area contributed by atoms with E-state index in [2.05, 4.69) is 5.32 Å². The van der Waals surface area contributed by atoms with E-state index >= 15 is 0 Å². The minimum Gasteiger partial charge on any atom is -0.494 e. The van der Waals surface area contributed by atoms with E-state index in [0.717, 1.165) is 23.4 Å². The smallest absolute Gasteiger partial charge is 0.240 e. The first-order chi connectivity index (χ1) is 12.9. The van der Waals surface area contributed by atoms with Crippen molar-refractivity contribution in [1.29, 1.82) is 0 Å². The van der Waals surface area contributed by atoms with Gasteiger partial charge in [-0.3, -0.25) is 9.10 Å². The van der Waals surface area contributed by atoms with Crippen LogP contribution in [0.1, 0.15) is 39.0 Å². The van der Waals surface area contributed by atoms with Crippen molar-refractivity contribution < 1.29 is 22.7 Å². The summed E-state index contributed by atoms with van der Waals surface area (Å²) in [7, 11) is -3.58. The molecule has 0 atom stereocenters. The van der Waals surface area contributed by atoms with Crippen LogP contribution in [0.3, 0.4) is 0 Å². The van der Waals surface area contributed by atoms with E-state index in [1.807, 2.05) is 6.92 Å². The molecule has 0 heterocycles. The minimum atomic E-state index is -3.58. The van der Waals surface area contributed by atoms with Crippen LogP contribution >= 0.6 is 0 Å². The summed E-state index contributed by atoms with van der Waals surface area (Å²) in [6, 6.07) is 6.65. The highest BCUT2D eigenvalue weighted by Gasteiger charge is 2.21. The van der Waals surface area contributed by atoms with Crippen LogP contribution in [0.5, 0.6) is 5.75 Å². The van der Waals surface area contributed by atoms with Gasteiger partial charge in [0.1, 0.15) is 12.3 Å². The van der Waals surface area contributed by atoms with E-state index < -0.39 is 10.0 Å². The second kappa shape index (κ2) is 10.5. The van der Waals surface area contributed by atoms with Gasteiger partial charge < -0.3 is 14.8 Å². The summed E-state index contributed by atoms with van der Waals surface area (Å²) in [4.78, 5) is 12.2.